The van der Waals surface area contributed by atoms with E-state index in [0.717, 1.165) is 19.3 Å². The highest BCUT2D eigenvalue weighted by Crippen LogP contribution is 2.35. The van der Waals surface area contributed by atoms with Crippen molar-refractivity contribution in [2.45, 2.75) is 32.5 Å². The highest BCUT2D eigenvalue weighted by molar-refractivity contribution is 4.78. The Bertz CT molecular complexity index is 149. The molecular weight excluding hydrogens is 168 g/mol. The molecule has 2 N–H and O–H groups in total. The van der Waals surface area contributed by atoms with E-state index in [9.17, 15) is 5.11 Å². The standard InChI is InChI=1S/C10H20O3/c1-7-5-8(10(12)13-2)3-4-9(7)6-11/h7-12H,3-6H2,1-2H3. The van der Waals surface area contributed by atoms with Crippen LogP contribution in [0.15, 0.2) is 0 Å². The van der Waals surface area contributed by atoms with Crippen LogP contribution in [0.1, 0.15) is 26.2 Å². The maximum atomic E-state index is 9.47. The lowest BCUT2D eigenvalue weighted by atomic mass is 9.75. The average molecular weight is 188 g/mol. The number of methoxy groups -OCH3 is 1. The van der Waals surface area contributed by atoms with Gasteiger partial charge >= 0.3 is 0 Å². The van der Waals surface area contributed by atoms with E-state index in [2.05, 4.69) is 6.92 Å². The SMILES string of the molecule is COC(O)C1CCC(CO)C(C)C1. The van der Waals surface area contributed by atoms with E-state index in [0.29, 0.717) is 11.8 Å². The van der Waals surface area contributed by atoms with E-state index in [1.165, 1.54) is 7.11 Å². The van der Waals surface area contributed by atoms with Crippen LogP contribution in [0, 0.1) is 17.8 Å². The third-order valence-corrected chi connectivity index (χ3v) is 3.27. The summed E-state index contributed by atoms with van der Waals surface area (Å²) in [6.45, 7) is 2.41. The van der Waals surface area contributed by atoms with Gasteiger partial charge in [0.25, 0.3) is 0 Å². The molecule has 0 spiro atoms. The molecule has 0 aromatic heterocycles. The fourth-order valence-corrected chi connectivity index (χ4v) is 2.22. The van der Waals surface area contributed by atoms with Gasteiger partial charge in [-0.15, -0.1) is 0 Å². The number of ether oxygens (including phenoxy) is 1. The molecule has 0 saturated heterocycles. The summed E-state index contributed by atoms with van der Waals surface area (Å²) in [6.07, 6.45) is 2.30. The zero-order chi connectivity index (χ0) is 9.84. The first-order valence-electron chi connectivity index (χ1n) is 5.00. The lowest BCUT2D eigenvalue weighted by Crippen LogP contribution is -2.32. The lowest BCUT2D eigenvalue weighted by Gasteiger charge is -2.34. The Morgan fingerprint density at radius 3 is 2.62 bits per heavy atom. The highest BCUT2D eigenvalue weighted by Gasteiger charge is 2.30. The summed E-state index contributed by atoms with van der Waals surface area (Å²) in [6, 6.07) is 0. The smallest absolute Gasteiger partial charge is 0.156 e. The van der Waals surface area contributed by atoms with Crippen LogP contribution in [0.25, 0.3) is 0 Å². The van der Waals surface area contributed by atoms with Gasteiger partial charge < -0.3 is 14.9 Å². The van der Waals surface area contributed by atoms with Gasteiger partial charge in [0, 0.05) is 19.6 Å². The Balaban J connectivity index is 2.40. The monoisotopic (exact) mass is 188 g/mol. The summed E-state index contributed by atoms with van der Waals surface area (Å²) in [5.74, 6) is 1.16. The number of aliphatic hydroxyl groups is 2. The minimum absolute atomic E-state index is 0.253. The van der Waals surface area contributed by atoms with Crippen LogP contribution in [0.2, 0.25) is 0 Å². The molecule has 1 rings (SSSR count). The predicted molar refractivity (Wildman–Crippen MR) is 50.1 cm³/mol. The molecule has 0 aromatic rings. The first kappa shape index (κ1) is 11.0. The van der Waals surface area contributed by atoms with Crippen molar-refractivity contribution in [1.82, 2.24) is 0 Å². The Labute approximate surface area is 79.7 Å². The zero-order valence-corrected chi connectivity index (χ0v) is 8.44. The van der Waals surface area contributed by atoms with Crippen molar-refractivity contribution in [3.05, 3.63) is 0 Å². The maximum Gasteiger partial charge on any atom is 0.156 e. The van der Waals surface area contributed by atoms with E-state index >= 15 is 0 Å². The van der Waals surface area contributed by atoms with Crippen molar-refractivity contribution in [2.75, 3.05) is 13.7 Å². The predicted octanol–water partition coefficient (Wildman–Crippen LogP) is 0.996. The van der Waals surface area contributed by atoms with Crippen molar-refractivity contribution in [2.24, 2.45) is 17.8 Å². The third kappa shape index (κ3) is 2.66. The first-order chi connectivity index (χ1) is 6.19. The van der Waals surface area contributed by atoms with E-state index in [4.69, 9.17) is 9.84 Å². The van der Waals surface area contributed by atoms with Crippen LogP contribution >= 0.6 is 0 Å². The second kappa shape index (κ2) is 4.94. The quantitative estimate of drug-likeness (QED) is 0.649. The van der Waals surface area contributed by atoms with Crippen LogP contribution in [-0.4, -0.2) is 30.2 Å². The third-order valence-electron chi connectivity index (χ3n) is 3.27. The van der Waals surface area contributed by atoms with Crippen molar-refractivity contribution in [1.29, 1.82) is 0 Å². The van der Waals surface area contributed by atoms with E-state index in [1.54, 1.807) is 0 Å². The average Bonchev–Trinajstić information content (AvgIpc) is 2.16. The van der Waals surface area contributed by atoms with Crippen LogP contribution in [-0.2, 0) is 4.74 Å². The van der Waals surface area contributed by atoms with Gasteiger partial charge in [-0.1, -0.05) is 6.92 Å². The summed E-state index contributed by atoms with van der Waals surface area (Å²) in [7, 11) is 1.54. The summed E-state index contributed by atoms with van der Waals surface area (Å²) >= 11 is 0. The molecule has 1 aliphatic rings. The van der Waals surface area contributed by atoms with Crippen LogP contribution in [0.5, 0.6) is 0 Å². The molecule has 4 atom stereocenters. The van der Waals surface area contributed by atoms with Gasteiger partial charge in [0.1, 0.15) is 0 Å². The molecule has 78 valence electrons. The molecule has 0 amide bonds. The Kier molecular flexibility index (Phi) is 4.16. The topological polar surface area (TPSA) is 49.7 Å². The fourth-order valence-electron chi connectivity index (χ4n) is 2.22. The van der Waals surface area contributed by atoms with Crippen LogP contribution in [0.4, 0.5) is 0 Å². The summed E-state index contributed by atoms with van der Waals surface area (Å²) in [5.41, 5.74) is 0. The summed E-state index contributed by atoms with van der Waals surface area (Å²) < 4.78 is 4.90. The van der Waals surface area contributed by atoms with Crippen LogP contribution < -0.4 is 0 Å². The lowest BCUT2D eigenvalue weighted by molar-refractivity contribution is -0.129. The number of aliphatic hydroxyl groups excluding tert-OH is 2. The second-order valence-corrected chi connectivity index (χ2v) is 4.12. The molecule has 0 radical (unpaired) electrons. The van der Waals surface area contributed by atoms with Crippen molar-refractivity contribution in [3.8, 4) is 0 Å². The molecule has 0 aromatic carbocycles. The molecular formula is C10H20O3. The minimum atomic E-state index is -0.623. The molecule has 1 aliphatic carbocycles. The highest BCUT2D eigenvalue weighted by atomic mass is 16.6. The van der Waals surface area contributed by atoms with Crippen molar-refractivity contribution >= 4 is 0 Å². The molecule has 13 heavy (non-hydrogen) atoms. The van der Waals surface area contributed by atoms with Gasteiger partial charge in [-0.25, -0.2) is 0 Å². The molecule has 1 fully saturated rings. The molecule has 0 heterocycles. The zero-order valence-electron chi connectivity index (χ0n) is 8.44. The fraction of sp³-hybridized carbons (Fsp3) is 1.00. The summed E-state index contributed by atoms with van der Waals surface area (Å²) in [5, 5.41) is 18.5. The van der Waals surface area contributed by atoms with Gasteiger partial charge in [-0.3, -0.25) is 0 Å². The van der Waals surface area contributed by atoms with Gasteiger partial charge in [-0.05, 0) is 31.1 Å². The molecule has 4 unspecified atom stereocenters. The maximum absolute atomic E-state index is 9.47. The van der Waals surface area contributed by atoms with Gasteiger partial charge in [0.2, 0.25) is 0 Å². The molecule has 3 nitrogen and oxygen atoms in total. The minimum Gasteiger partial charge on any atom is -0.396 e. The normalized spacial score (nSPS) is 37.4. The largest absolute Gasteiger partial charge is 0.396 e. The van der Waals surface area contributed by atoms with Crippen LogP contribution in [0.3, 0.4) is 0 Å². The number of hydrogen-bond acceptors (Lipinski definition) is 3. The van der Waals surface area contributed by atoms with Gasteiger partial charge in [-0.2, -0.15) is 0 Å². The van der Waals surface area contributed by atoms with E-state index < -0.39 is 6.29 Å². The molecule has 0 aliphatic heterocycles. The van der Waals surface area contributed by atoms with Crippen molar-refractivity contribution in [3.63, 3.8) is 0 Å². The Morgan fingerprint density at radius 1 is 1.46 bits per heavy atom. The Morgan fingerprint density at radius 2 is 2.15 bits per heavy atom. The van der Waals surface area contributed by atoms with Gasteiger partial charge in [0.15, 0.2) is 6.29 Å². The molecule has 3 heteroatoms. The van der Waals surface area contributed by atoms with E-state index in [1.807, 2.05) is 0 Å². The van der Waals surface area contributed by atoms with E-state index in [-0.39, 0.29) is 12.5 Å². The Hall–Kier alpha value is -0.120. The first-order valence-corrected chi connectivity index (χ1v) is 5.00. The van der Waals surface area contributed by atoms with Crippen molar-refractivity contribution < 1.29 is 14.9 Å². The summed E-state index contributed by atoms with van der Waals surface area (Å²) in [4.78, 5) is 0. The second-order valence-electron chi connectivity index (χ2n) is 4.12. The number of rotatable bonds is 3. The number of hydrogen-bond donors (Lipinski definition) is 2. The molecule has 0 bridgehead atoms. The van der Waals surface area contributed by atoms with Gasteiger partial charge in [0.05, 0.1) is 0 Å². The molecule has 1 saturated carbocycles.